The molecule has 0 radical (unpaired) electrons. The van der Waals surface area contributed by atoms with Gasteiger partial charge in [-0.1, -0.05) is 56.1 Å². The molecule has 1 aliphatic heterocycles. The van der Waals surface area contributed by atoms with Crippen molar-refractivity contribution in [3.63, 3.8) is 0 Å². The van der Waals surface area contributed by atoms with E-state index in [9.17, 15) is 29.3 Å². The van der Waals surface area contributed by atoms with Gasteiger partial charge in [-0.3, -0.25) is 24.5 Å². The van der Waals surface area contributed by atoms with E-state index in [0.717, 1.165) is 17.4 Å². The molecule has 2 amide bonds. The molecule has 0 spiro atoms. The van der Waals surface area contributed by atoms with Crippen LogP contribution in [0.4, 0.5) is 11.4 Å². The summed E-state index contributed by atoms with van der Waals surface area (Å²) in [5.74, 6) is -2.98. The summed E-state index contributed by atoms with van der Waals surface area (Å²) < 4.78 is 5.18. The minimum Gasteiger partial charge on any atom is -0.454 e. The fraction of sp³-hybridized carbons (Fsp3) is 0.333. The Balaban J connectivity index is 1.35. The quantitative estimate of drug-likeness (QED) is 0.122. The maximum absolute atomic E-state index is 13.4. The summed E-state index contributed by atoms with van der Waals surface area (Å²) in [7, 11) is 0. The fourth-order valence-electron chi connectivity index (χ4n) is 5.51. The number of carbonyl (C=O) groups is 4. The van der Waals surface area contributed by atoms with Gasteiger partial charge in [0.2, 0.25) is 17.6 Å². The van der Waals surface area contributed by atoms with Crippen LogP contribution in [0.15, 0.2) is 48.5 Å². The summed E-state index contributed by atoms with van der Waals surface area (Å²) in [4.78, 5) is 63.6. The number of benzene rings is 2. The molecule has 180 valence electrons. The molecule has 0 aromatic heterocycles. The van der Waals surface area contributed by atoms with Crippen molar-refractivity contribution in [3.8, 4) is 0 Å². The number of Topliss-reactive ketones (excluding diaryl/α,β-unsaturated/α-hetero) is 1. The lowest BCUT2D eigenvalue weighted by Gasteiger charge is -2.28. The molecule has 11 heteroatoms. The number of ketones is 1. The van der Waals surface area contributed by atoms with Crippen LogP contribution in [0.2, 0.25) is 0 Å². The Hall–Kier alpha value is -2.92. The van der Waals surface area contributed by atoms with Gasteiger partial charge in [-0.15, -0.1) is 0 Å². The van der Waals surface area contributed by atoms with Crippen molar-refractivity contribution in [2.45, 2.75) is 16.1 Å². The van der Waals surface area contributed by atoms with Gasteiger partial charge in [0.15, 0.2) is 6.61 Å². The molecule has 2 aromatic rings. The van der Waals surface area contributed by atoms with E-state index in [0.29, 0.717) is 0 Å². The number of imide groups is 1. The summed E-state index contributed by atoms with van der Waals surface area (Å²) >= 11 is 7.30. The highest BCUT2D eigenvalue weighted by molar-refractivity contribution is 9.12. The number of para-hydroxylation sites is 1. The van der Waals surface area contributed by atoms with E-state index in [2.05, 4.69) is 31.9 Å². The number of nitrogens with zero attached hydrogens (tertiary/aromatic N) is 2. The van der Waals surface area contributed by atoms with E-state index in [1.54, 1.807) is 12.1 Å². The van der Waals surface area contributed by atoms with Crippen LogP contribution < -0.4 is 4.90 Å². The fourth-order valence-corrected chi connectivity index (χ4v) is 7.39. The molecule has 9 nitrogen and oxygen atoms in total. The Morgan fingerprint density at radius 1 is 1.00 bits per heavy atom. The number of amides is 2. The van der Waals surface area contributed by atoms with E-state index in [1.165, 1.54) is 30.3 Å². The van der Waals surface area contributed by atoms with E-state index in [4.69, 9.17) is 4.74 Å². The Bertz CT molecular complexity index is 1250. The van der Waals surface area contributed by atoms with Crippen LogP contribution in [0, 0.1) is 33.8 Å². The monoisotopic (exact) mass is 604 g/mol. The molecule has 2 aliphatic carbocycles. The van der Waals surface area contributed by atoms with Crippen molar-refractivity contribution in [2.75, 3.05) is 11.5 Å². The predicted molar refractivity (Wildman–Crippen MR) is 131 cm³/mol. The minimum absolute atomic E-state index is 0.0147. The largest absolute Gasteiger partial charge is 0.454 e. The smallest absolute Gasteiger partial charge is 0.340 e. The Kier molecular flexibility index (Phi) is 6.08. The van der Waals surface area contributed by atoms with Crippen LogP contribution >= 0.6 is 31.9 Å². The van der Waals surface area contributed by atoms with Crippen molar-refractivity contribution < 1.29 is 28.8 Å². The van der Waals surface area contributed by atoms with Gasteiger partial charge >= 0.3 is 5.97 Å². The lowest BCUT2D eigenvalue weighted by Crippen LogP contribution is -2.37. The molecule has 0 unspecified atom stereocenters. The van der Waals surface area contributed by atoms with Gasteiger partial charge in [0, 0.05) is 27.4 Å². The van der Waals surface area contributed by atoms with Crippen molar-refractivity contribution in [2.24, 2.45) is 23.7 Å². The number of ether oxygens (including phenoxy) is 1. The number of anilines is 1. The molecule has 3 aliphatic rings. The zero-order valence-electron chi connectivity index (χ0n) is 18.0. The molecule has 2 saturated carbocycles. The van der Waals surface area contributed by atoms with Crippen LogP contribution in [0.5, 0.6) is 0 Å². The first-order chi connectivity index (χ1) is 16.7. The lowest BCUT2D eigenvalue weighted by molar-refractivity contribution is -0.384. The first kappa shape index (κ1) is 23.8. The van der Waals surface area contributed by atoms with Crippen LogP contribution in [0.3, 0.4) is 0 Å². The number of rotatable bonds is 6. The van der Waals surface area contributed by atoms with Crippen molar-refractivity contribution in [3.05, 3.63) is 69.8 Å². The molecule has 2 aromatic carbocycles. The molecular formula is C24H18Br2N2O7. The van der Waals surface area contributed by atoms with E-state index in [1.807, 2.05) is 0 Å². The Morgan fingerprint density at radius 2 is 1.63 bits per heavy atom. The first-order valence-corrected chi connectivity index (χ1v) is 12.7. The van der Waals surface area contributed by atoms with Crippen molar-refractivity contribution in [1.29, 1.82) is 0 Å². The number of nitro groups is 1. The average molecular weight is 606 g/mol. The molecular weight excluding hydrogens is 588 g/mol. The van der Waals surface area contributed by atoms with Gasteiger partial charge in [-0.2, -0.15) is 0 Å². The number of nitro benzene ring substituents is 1. The highest BCUT2D eigenvalue weighted by Crippen LogP contribution is 2.60. The number of carbonyl (C=O) groups excluding carboxylic acids is 4. The van der Waals surface area contributed by atoms with Crippen LogP contribution in [-0.4, -0.2) is 44.8 Å². The number of esters is 1. The highest BCUT2D eigenvalue weighted by Gasteiger charge is 2.66. The second kappa shape index (κ2) is 8.94. The number of non-ortho nitro benzene ring substituents is 1. The lowest BCUT2D eigenvalue weighted by atomic mass is 9.81. The summed E-state index contributed by atoms with van der Waals surface area (Å²) in [5.41, 5.74) is -0.114. The number of halogens is 2. The van der Waals surface area contributed by atoms with Gasteiger partial charge in [0.25, 0.3) is 5.69 Å². The number of fused-ring (bicyclic) bond motifs is 5. The number of hydrogen-bond donors (Lipinski definition) is 0. The van der Waals surface area contributed by atoms with Gasteiger partial charge in [-0.25, -0.2) is 9.69 Å². The van der Waals surface area contributed by atoms with Gasteiger partial charge in [-0.05, 0) is 30.4 Å². The van der Waals surface area contributed by atoms with E-state index in [-0.39, 0.29) is 55.8 Å². The van der Waals surface area contributed by atoms with Crippen molar-refractivity contribution in [1.82, 2.24) is 0 Å². The summed E-state index contributed by atoms with van der Waals surface area (Å²) in [6.07, 6.45) is 0.788. The zero-order valence-corrected chi connectivity index (χ0v) is 21.2. The third-order valence-corrected chi connectivity index (χ3v) is 10.3. The second-order valence-electron chi connectivity index (χ2n) is 8.84. The normalized spacial score (nSPS) is 28.8. The third kappa shape index (κ3) is 3.81. The zero-order chi connectivity index (χ0) is 25.0. The van der Waals surface area contributed by atoms with Gasteiger partial charge in [0.05, 0.1) is 28.0 Å². The summed E-state index contributed by atoms with van der Waals surface area (Å²) in [5, 5.41) is 10.9. The number of alkyl halides is 2. The number of hydrogen-bond acceptors (Lipinski definition) is 7. The first-order valence-electron chi connectivity index (χ1n) is 10.9. The summed E-state index contributed by atoms with van der Waals surface area (Å²) in [6.45, 7) is -0.651. The maximum atomic E-state index is 13.4. The van der Waals surface area contributed by atoms with Gasteiger partial charge < -0.3 is 4.74 Å². The molecule has 35 heavy (non-hydrogen) atoms. The SMILES string of the molecule is O=C(COC(=O)c1ccccc1N1C(=O)[C@@H]2[C@H]3C[C@@H]([C@H](Br)[C@H]3Br)[C@@H]2C1=O)c1cccc([N+](=O)[O-])c1. The molecule has 1 saturated heterocycles. The van der Waals surface area contributed by atoms with Crippen LogP contribution in [0.25, 0.3) is 0 Å². The summed E-state index contributed by atoms with van der Waals surface area (Å²) in [6, 6.07) is 11.2. The second-order valence-corrected chi connectivity index (χ2v) is 11.0. The maximum Gasteiger partial charge on any atom is 0.340 e. The van der Waals surface area contributed by atoms with Crippen LogP contribution in [-0.2, 0) is 14.3 Å². The molecule has 1 heterocycles. The molecule has 3 fully saturated rings. The average Bonchev–Trinajstić information content (AvgIpc) is 3.47. The molecule has 5 rings (SSSR count). The third-order valence-electron chi connectivity index (χ3n) is 7.07. The van der Waals surface area contributed by atoms with Crippen molar-refractivity contribution >= 4 is 66.8 Å². The topological polar surface area (TPSA) is 124 Å². The highest BCUT2D eigenvalue weighted by atomic mass is 79.9. The van der Waals surface area contributed by atoms with Gasteiger partial charge in [0.1, 0.15) is 0 Å². The Morgan fingerprint density at radius 3 is 2.26 bits per heavy atom. The Labute approximate surface area is 216 Å². The van der Waals surface area contributed by atoms with E-state index >= 15 is 0 Å². The minimum atomic E-state index is -0.878. The molecule has 0 N–H and O–H groups in total. The predicted octanol–water partition coefficient (Wildman–Crippen LogP) is 3.92. The van der Waals surface area contributed by atoms with E-state index < -0.39 is 35.1 Å². The standard InChI is InChI=1S/C24H18Br2N2O7/c25-20-14-9-15(21(20)26)19-18(14)22(30)27(23(19)31)16-7-2-1-6-13(16)24(32)35-10-17(29)11-4-3-5-12(8-11)28(33)34/h1-8,14-15,18-21H,9-10H2/t14-,15-,18-,19+,20+,21+/m1/s1. The molecule has 6 atom stereocenters. The molecule has 2 bridgehead atoms. The van der Waals surface area contributed by atoms with Crippen LogP contribution in [0.1, 0.15) is 27.1 Å².